The van der Waals surface area contributed by atoms with Crippen LogP contribution in [-0.2, 0) is 17.1 Å². The number of benzene rings is 1. The van der Waals surface area contributed by atoms with E-state index in [9.17, 15) is 13.2 Å². The van der Waals surface area contributed by atoms with Crippen LogP contribution < -0.4 is 5.32 Å². The largest absolute Gasteiger partial charge is 0.345 e. The maximum atomic E-state index is 13.1. The number of nitrogens with zero attached hydrogens (tertiary/aromatic N) is 2. The van der Waals surface area contributed by atoms with Gasteiger partial charge in [-0.15, -0.1) is 0 Å². The number of carbonyl (C=O) groups is 1. The zero-order valence-corrected chi connectivity index (χ0v) is 19.3. The van der Waals surface area contributed by atoms with Gasteiger partial charge in [0, 0.05) is 32.0 Å². The zero-order chi connectivity index (χ0) is 21.9. The number of hydrogen-bond acceptors (Lipinski definition) is 3. The average Bonchev–Trinajstić information content (AvgIpc) is 3.05. The fourth-order valence-electron chi connectivity index (χ4n) is 3.49. The number of sulfonamides is 1. The molecule has 0 aliphatic rings. The zero-order valence-electron chi connectivity index (χ0n) is 18.5. The molecular weight excluding hydrogens is 386 g/mol. The van der Waals surface area contributed by atoms with Crippen LogP contribution in [0.25, 0.3) is 0 Å². The number of hydrogen-bond donors (Lipinski definition) is 1. The van der Waals surface area contributed by atoms with E-state index in [0.717, 1.165) is 16.8 Å². The standard InChI is InChI=1S/C22H33N3O3S/c1-8-25(9-2)29(27,28)17-13-20(24(7)14-17)22(26)23-21-18(15(3)4)11-10-12-19(21)16(5)6/h10-16H,8-9H2,1-7H3,(H,23,26). The van der Waals surface area contributed by atoms with Crippen molar-refractivity contribution in [1.82, 2.24) is 8.87 Å². The van der Waals surface area contributed by atoms with Crippen LogP contribution in [0.3, 0.4) is 0 Å². The normalized spacial score (nSPS) is 12.2. The van der Waals surface area contributed by atoms with E-state index in [0.29, 0.717) is 18.8 Å². The number of para-hydroxylation sites is 1. The molecule has 1 amide bonds. The molecule has 1 N–H and O–H groups in total. The number of aryl methyl sites for hydroxylation is 1. The van der Waals surface area contributed by atoms with Crippen LogP contribution in [0, 0.1) is 0 Å². The summed E-state index contributed by atoms with van der Waals surface area (Å²) in [5.41, 5.74) is 3.25. The van der Waals surface area contributed by atoms with E-state index < -0.39 is 10.0 Å². The number of carbonyl (C=O) groups excluding carboxylic acids is 1. The molecule has 0 fully saturated rings. The monoisotopic (exact) mass is 419 g/mol. The Bertz CT molecular complexity index is 945. The molecule has 0 aliphatic carbocycles. The third-order valence-corrected chi connectivity index (χ3v) is 7.18. The number of rotatable bonds is 8. The van der Waals surface area contributed by atoms with Gasteiger partial charge in [-0.05, 0) is 29.0 Å². The second kappa shape index (κ2) is 9.13. The summed E-state index contributed by atoms with van der Waals surface area (Å²) in [6.45, 7) is 12.7. The van der Waals surface area contributed by atoms with Crippen LogP contribution in [0.15, 0.2) is 35.4 Å². The molecule has 1 aromatic heterocycles. The van der Waals surface area contributed by atoms with Crippen molar-refractivity contribution in [3.05, 3.63) is 47.3 Å². The lowest BCUT2D eigenvalue weighted by molar-refractivity contribution is 0.101. The van der Waals surface area contributed by atoms with Crippen LogP contribution in [0.5, 0.6) is 0 Å². The molecule has 2 rings (SSSR count). The molecular formula is C22H33N3O3S. The van der Waals surface area contributed by atoms with Gasteiger partial charge in [0.25, 0.3) is 5.91 Å². The van der Waals surface area contributed by atoms with Gasteiger partial charge in [-0.3, -0.25) is 4.79 Å². The Morgan fingerprint density at radius 2 is 1.59 bits per heavy atom. The van der Waals surface area contributed by atoms with E-state index in [-0.39, 0.29) is 22.6 Å². The minimum atomic E-state index is -3.62. The van der Waals surface area contributed by atoms with Gasteiger partial charge in [0.05, 0.1) is 0 Å². The number of anilines is 1. The molecule has 1 heterocycles. The highest BCUT2D eigenvalue weighted by molar-refractivity contribution is 7.89. The molecule has 0 unspecified atom stereocenters. The van der Waals surface area contributed by atoms with Crippen LogP contribution >= 0.6 is 0 Å². The summed E-state index contributed by atoms with van der Waals surface area (Å²) in [5.74, 6) is 0.176. The van der Waals surface area contributed by atoms with Crippen LogP contribution in [0.4, 0.5) is 5.69 Å². The highest BCUT2D eigenvalue weighted by atomic mass is 32.2. The Kier molecular flexibility index (Phi) is 7.30. The first-order valence-electron chi connectivity index (χ1n) is 10.1. The fourth-order valence-corrected chi connectivity index (χ4v) is 5.02. The first kappa shape index (κ1) is 23.2. The Morgan fingerprint density at radius 1 is 1.07 bits per heavy atom. The third kappa shape index (κ3) is 4.73. The maximum absolute atomic E-state index is 13.1. The molecule has 7 heteroatoms. The molecule has 2 aromatic rings. The summed E-state index contributed by atoms with van der Waals surface area (Å²) in [5, 5.41) is 3.05. The topological polar surface area (TPSA) is 71.4 Å². The Labute approximate surface area is 175 Å². The van der Waals surface area contributed by atoms with Crippen LogP contribution in [0.1, 0.15) is 75.0 Å². The molecule has 0 radical (unpaired) electrons. The second-order valence-electron chi connectivity index (χ2n) is 7.84. The molecule has 160 valence electrons. The van der Waals surface area contributed by atoms with Crippen molar-refractivity contribution in [2.24, 2.45) is 7.05 Å². The van der Waals surface area contributed by atoms with Crippen molar-refractivity contribution >= 4 is 21.6 Å². The molecule has 0 spiro atoms. The van der Waals surface area contributed by atoms with Crippen molar-refractivity contribution in [3.8, 4) is 0 Å². The predicted molar refractivity (Wildman–Crippen MR) is 118 cm³/mol. The molecule has 0 saturated carbocycles. The van der Waals surface area contributed by atoms with Gasteiger partial charge >= 0.3 is 0 Å². The van der Waals surface area contributed by atoms with Gasteiger partial charge in [-0.25, -0.2) is 8.42 Å². The van der Waals surface area contributed by atoms with E-state index in [1.54, 1.807) is 25.5 Å². The van der Waals surface area contributed by atoms with Gasteiger partial charge in [-0.1, -0.05) is 59.7 Å². The summed E-state index contributed by atoms with van der Waals surface area (Å²) >= 11 is 0. The van der Waals surface area contributed by atoms with E-state index in [1.165, 1.54) is 16.6 Å². The Morgan fingerprint density at radius 3 is 2.03 bits per heavy atom. The van der Waals surface area contributed by atoms with Gasteiger partial charge in [0.2, 0.25) is 10.0 Å². The fraction of sp³-hybridized carbons (Fsp3) is 0.500. The molecule has 29 heavy (non-hydrogen) atoms. The molecule has 6 nitrogen and oxygen atoms in total. The van der Waals surface area contributed by atoms with Crippen molar-refractivity contribution in [2.45, 2.75) is 58.3 Å². The first-order valence-corrected chi connectivity index (χ1v) is 11.6. The summed E-state index contributed by atoms with van der Waals surface area (Å²) in [6.07, 6.45) is 1.50. The van der Waals surface area contributed by atoms with Crippen LogP contribution in [0.2, 0.25) is 0 Å². The Balaban J connectivity index is 2.45. The lowest BCUT2D eigenvalue weighted by Crippen LogP contribution is -2.30. The van der Waals surface area contributed by atoms with E-state index in [2.05, 4.69) is 33.0 Å². The number of nitrogens with one attached hydrogen (secondary N) is 1. The van der Waals surface area contributed by atoms with E-state index >= 15 is 0 Å². The number of amides is 1. The van der Waals surface area contributed by atoms with Crippen LogP contribution in [-0.4, -0.2) is 36.3 Å². The molecule has 0 atom stereocenters. The smallest absolute Gasteiger partial charge is 0.272 e. The van der Waals surface area contributed by atoms with Gasteiger partial charge in [0.15, 0.2) is 0 Å². The minimum Gasteiger partial charge on any atom is -0.345 e. The lowest BCUT2D eigenvalue weighted by Gasteiger charge is -2.20. The third-order valence-electron chi connectivity index (χ3n) is 5.17. The van der Waals surface area contributed by atoms with Crippen molar-refractivity contribution in [2.75, 3.05) is 18.4 Å². The second-order valence-corrected chi connectivity index (χ2v) is 9.77. The summed E-state index contributed by atoms with van der Waals surface area (Å²) in [7, 11) is -1.93. The van der Waals surface area contributed by atoms with Gasteiger partial charge < -0.3 is 9.88 Å². The van der Waals surface area contributed by atoms with E-state index in [4.69, 9.17) is 0 Å². The SMILES string of the molecule is CCN(CC)S(=O)(=O)c1cc(C(=O)Nc2c(C(C)C)cccc2C(C)C)n(C)c1. The highest BCUT2D eigenvalue weighted by Crippen LogP contribution is 2.33. The highest BCUT2D eigenvalue weighted by Gasteiger charge is 2.26. The van der Waals surface area contributed by atoms with Gasteiger partial charge in [-0.2, -0.15) is 4.31 Å². The summed E-state index contributed by atoms with van der Waals surface area (Å²) in [6, 6.07) is 7.51. The van der Waals surface area contributed by atoms with Crippen molar-refractivity contribution in [3.63, 3.8) is 0 Å². The Hall–Kier alpha value is -2.12. The molecule has 0 saturated heterocycles. The van der Waals surface area contributed by atoms with E-state index in [1.807, 2.05) is 18.2 Å². The minimum absolute atomic E-state index is 0.134. The average molecular weight is 420 g/mol. The lowest BCUT2D eigenvalue weighted by atomic mass is 9.92. The first-order chi connectivity index (χ1) is 13.5. The quantitative estimate of drug-likeness (QED) is 0.682. The van der Waals surface area contributed by atoms with Crippen molar-refractivity contribution < 1.29 is 13.2 Å². The molecule has 0 bridgehead atoms. The van der Waals surface area contributed by atoms with Crippen molar-refractivity contribution in [1.29, 1.82) is 0 Å². The predicted octanol–water partition coefficient (Wildman–Crippen LogP) is 4.55. The maximum Gasteiger partial charge on any atom is 0.272 e. The summed E-state index contributed by atoms with van der Waals surface area (Å²) < 4.78 is 28.6. The summed E-state index contributed by atoms with van der Waals surface area (Å²) in [4.78, 5) is 13.2. The number of aromatic nitrogens is 1. The molecule has 0 aliphatic heterocycles. The molecule has 1 aromatic carbocycles. The van der Waals surface area contributed by atoms with Gasteiger partial charge in [0.1, 0.15) is 10.6 Å².